The van der Waals surface area contributed by atoms with Gasteiger partial charge in [0.25, 0.3) is 0 Å². The van der Waals surface area contributed by atoms with E-state index >= 15 is 0 Å². The van der Waals surface area contributed by atoms with E-state index < -0.39 is 10.0 Å². The van der Waals surface area contributed by atoms with Gasteiger partial charge in [-0.15, -0.1) is 0 Å². The predicted octanol–water partition coefficient (Wildman–Crippen LogP) is 1.81. The number of anilines is 1. The van der Waals surface area contributed by atoms with Crippen molar-refractivity contribution in [3.05, 3.63) is 22.7 Å². The van der Waals surface area contributed by atoms with Crippen molar-refractivity contribution in [2.24, 2.45) is 0 Å². The summed E-state index contributed by atoms with van der Waals surface area (Å²) in [5, 5.41) is 8.68. The molecule has 0 saturated heterocycles. The predicted molar refractivity (Wildman–Crippen MR) is 79.3 cm³/mol. The van der Waals surface area contributed by atoms with Crippen LogP contribution in [0.4, 0.5) is 5.69 Å². The van der Waals surface area contributed by atoms with Gasteiger partial charge < -0.3 is 10.8 Å². The van der Waals surface area contributed by atoms with E-state index in [-0.39, 0.29) is 17.2 Å². The number of unbranched alkanes of at least 4 members (excludes halogenated alkanes) is 2. The highest BCUT2D eigenvalue weighted by atomic mass is 79.9. The minimum absolute atomic E-state index is 0.125. The van der Waals surface area contributed by atoms with Crippen molar-refractivity contribution < 1.29 is 13.5 Å². The molecule has 0 aliphatic rings. The maximum atomic E-state index is 12.3. The zero-order valence-corrected chi connectivity index (χ0v) is 13.2. The van der Waals surface area contributed by atoms with Crippen LogP contribution in [0.3, 0.4) is 0 Å². The molecule has 0 radical (unpaired) electrons. The van der Waals surface area contributed by atoms with Gasteiger partial charge in [-0.05, 0) is 37.5 Å². The molecule has 5 nitrogen and oxygen atoms in total. The number of aliphatic hydroxyl groups is 1. The number of rotatable bonds is 7. The second kappa shape index (κ2) is 7.23. The molecule has 0 aliphatic heterocycles. The fourth-order valence-corrected chi connectivity index (χ4v) is 3.35. The van der Waals surface area contributed by atoms with Crippen molar-refractivity contribution in [2.45, 2.75) is 24.2 Å². The van der Waals surface area contributed by atoms with Gasteiger partial charge in [-0.3, -0.25) is 0 Å². The summed E-state index contributed by atoms with van der Waals surface area (Å²) in [6, 6.07) is 4.73. The molecule has 19 heavy (non-hydrogen) atoms. The van der Waals surface area contributed by atoms with Crippen LogP contribution in [0.25, 0.3) is 0 Å². The summed E-state index contributed by atoms with van der Waals surface area (Å²) in [6.07, 6.45) is 2.20. The maximum absolute atomic E-state index is 12.3. The van der Waals surface area contributed by atoms with Crippen molar-refractivity contribution >= 4 is 31.6 Å². The number of hydrogen-bond acceptors (Lipinski definition) is 4. The quantitative estimate of drug-likeness (QED) is 0.580. The SMILES string of the molecule is CN(CCCCCO)S(=O)(=O)c1ccc(Br)cc1N. The van der Waals surface area contributed by atoms with Crippen molar-refractivity contribution in [1.29, 1.82) is 0 Å². The third-order valence-corrected chi connectivity index (χ3v) is 5.22. The smallest absolute Gasteiger partial charge is 0.244 e. The number of sulfonamides is 1. The zero-order valence-electron chi connectivity index (χ0n) is 10.8. The molecular weight excluding hydrogens is 332 g/mol. The molecule has 1 aromatic rings. The summed E-state index contributed by atoms with van der Waals surface area (Å²) < 4.78 is 26.7. The summed E-state index contributed by atoms with van der Waals surface area (Å²) in [4.78, 5) is 0.125. The van der Waals surface area contributed by atoms with Crippen LogP contribution < -0.4 is 5.73 Å². The van der Waals surface area contributed by atoms with Gasteiger partial charge in [0.15, 0.2) is 0 Å². The van der Waals surface area contributed by atoms with E-state index in [0.29, 0.717) is 19.4 Å². The molecule has 0 aromatic heterocycles. The minimum Gasteiger partial charge on any atom is -0.398 e. The minimum atomic E-state index is -3.55. The molecule has 0 unspecified atom stereocenters. The second-order valence-corrected chi connectivity index (χ2v) is 7.22. The van der Waals surface area contributed by atoms with E-state index in [0.717, 1.165) is 10.9 Å². The largest absolute Gasteiger partial charge is 0.398 e. The van der Waals surface area contributed by atoms with Crippen molar-refractivity contribution in [3.63, 3.8) is 0 Å². The summed E-state index contributed by atoms with van der Waals surface area (Å²) in [5.41, 5.74) is 5.99. The van der Waals surface area contributed by atoms with Crippen LogP contribution in [0.1, 0.15) is 19.3 Å². The molecule has 0 amide bonds. The molecule has 3 N–H and O–H groups in total. The Hall–Kier alpha value is -0.630. The van der Waals surface area contributed by atoms with Gasteiger partial charge in [0, 0.05) is 24.7 Å². The number of benzene rings is 1. The van der Waals surface area contributed by atoms with E-state index in [1.165, 1.54) is 17.4 Å². The Morgan fingerprint density at radius 2 is 2.00 bits per heavy atom. The van der Waals surface area contributed by atoms with Gasteiger partial charge in [0.1, 0.15) is 4.90 Å². The lowest BCUT2D eigenvalue weighted by Gasteiger charge is -2.18. The Balaban J connectivity index is 2.79. The topological polar surface area (TPSA) is 83.6 Å². The number of nitrogens with zero attached hydrogens (tertiary/aromatic N) is 1. The molecule has 0 heterocycles. The fraction of sp³-hybridized carbons (Fsp3) is 0.500. The first-order chi connectivity index (χ1) is 8.89. The van der Waals surface area contributed by atoms with Crippen LogP contribution in [0.2, 0.25) is 0 Å². The highest BCUT2D eigenvalue weighted by Gasteiger charge is 2.22. The summed E-state index contributed by atoms with van der Waals surface area (Å²) in [5.74, 6) is 0. The highest BCUT2D eigenvalue weighted by molar-refractivity contribution is 9.10. The Morgan fingerprint density at radius 3 is 2.58 bits per heavy atom. The Bertz CT molecular complexity index is 520. The Morgan fingerprint density at radius 1 is 1.32 bits per heavy atom. The molecule has 0 spiro atoms. The van der Waals surface area contributed by atoms with E-state index in [9.17, 15) is 8.42 Å². The summed E-state index contributed by atoms with van der Waals surface area (Å²) >= 11 is 3.25. The lowest BCUT2D eigenvalue weighted by atomic mass is 10.2. The first-order valence-electron chi connectivity index (χ1n) is 6.02. The maximum Gasteiger partial charge on any atom is 0.244 e. The summed E-state index contributed by atoms with van der Waals surface area (Å²) in [7, 11) is -2.01. The average Bonchev–Trinajstić information content (AvgIpc) is 2.33. The third-order valence-electron chi connectivity index (χ3n) is 2.79. The number of nitrogen functional groups attached to an aromatic ring is 1. The number of nitrogens with two attached hydrogens (primary N) is 1. The molecule has 0 bridgehead atoms. The Labute approximate surface area is 122 Å². The van der Waals surface area contributed by atoms with Crippen LogP contribution >= 0.6 is 15.9 Å². The highest BCUT2D eigenvalue weighted by Crippen LogP contribution is 2.25. The molecule has 0 saturated carbocycles. The van der Waals surface area contributed by atoms with Crippen LogP contribution in [0, 0.1) is 0 Å². The van der Waals surface area contributed by atoms with E-state index in [2.05, 4.69) is 15.9 Å². The van der Waals surface area contributed by atoms with Crippen LogP contribution in [0.15, 0.2) is 27.6 Å². The molecule has 1 aromatic carbocycles. The second-order valence-electron chi connectivity index (χ2n) is 4.29. The summed E-state index contributed by atoms with van der Waals surface area (Å²) in [6.45, 7) is 0.550. The zero-order chi connectivity index (χ0) is 14.5. The monoisotopic (exact) mass is 350 g/mol. The van der Waals surface area contributed by atoms with Gasteiger partial charge in [0.05, 0.1) is 5.69 Å². The van der Waals surface area contributed by atoms with Crippen molar-refractivity contribution in [2.75, 3.05) is 25.9 Å². The van der Waals surface area contributed by atoms with Crippen molar-refractivity contribution in [1.82, 2.24) is 4.31 Å². The average molecular weight is 351 g/mol. The first kappa shape index (κ1) is 16.4. The Kier molecular flexibility index (Phi) is 6.25. The fourth-order valence-electron chi connectivity index (χ4n) is 1.67. The van der Waals surface area contributed by atoms with Crippen LogP contribution in [-0.2, 0) is 10.0 Å². The van der Waals surface area contributed by atoms with Gasteiger partial charge >= 0.3 is 0 Å². The number of aliphatic hydroxyl groups excluding tert-OH is 1. The van der Waals surface area contributed by atoms with Gasteiger partial charge in [0.2, 0.25) is 10.0 Å². The van der Waals surface area contributed by atoms with Gasteiger partial charge in [-0.25, -0.2) is 12.7 Å². The molecule has 0 atom stereocenters. The number of halogens is 1. The molecule has 0 aliphatic carbocycles. The molecule has 0 fully saturated rings. The lowest BCUT2D eigenvalue weighted by molar-refractivity contribution is 0.281. The molecular formula is C12H19BrN2O3S. The first-order valence-corrected chi connectivity index (χ1v) is 8.25. The molecule has 7 heteroatoms. The third kappa shape index (κ3) is 4.45. The van der Waals surface area contributed by atoms with E-state index in [4.69, 9.17) is 10.8 Å². The van der Waals surface area contributed by atoms with Gasteiger partial charge in [-0.1, -0.05) is 15.9 Å². The van der Waals surface area contributed by atoms with E-state index in [1.807, 2.05) is 0 Å². The van der Waals surface area contributed by atoms with Gasteiger partial charge in [-0.2, -0.15) is 0 Å². The van der Waals surface area contributed by atoms with Crippen LogP contribution in [-0.4, -0.2) is 38.0 Å². The van der Waals surface area contributed by atoms with Crippen LogP contribution in [0.5, 0.6) is 0 Å². The number of hydrogen-bond donors (Lipinski definition) is 2. The molecule has 1 rings (SSSR count). The standard InChI is InChI=1S/C12H19BrN2O3S/c1-15(7-3-2-4-8-16)19(17,18)12-6-5-10(13)9-11(12)14/h5-6,9,16H,2-4,7-8,14H2,1H3. The lowest BCUT2D eigenvalue weighted by Crippen LogP contribution is -2.28. The molecule has 108 valence electrons. The van der Waals surface area contributed by atoms with Crippen molar-refractivity contribution in [3.8, 4) is 0 Å². The normalized spacial score (nSPS) is 12.0. The van der Waals surface area contributed by atoms with E-state index in [1.54, 1.807) is 12.1 Å².